The molecule has 26 heavy (non-hydrogen) atoms. The lowest BCUT2D eigenvalue weighted by Gasteiger charge is -2.32. The first-order valence-corrected chi connectivity index (χ1v) is 10.1. The fourth-order valence-corrected chi connectivity index (χ4v) is 3.14. The number of carbonyl (C=O) groups excluding carboxylic acids is 1. The maximum atomic E-state index is 12.0. The van der Waals surface area contributed by atoms with E-state index in [2.05, 4.69) is 12.2 Å². The average Bonchev–Trinajstić information content (AvgIpc) is 2.55. The molecule has 0 saturated carbocycles. The molecule has 5 heteroatoms. The molecule has 5 nitrogen and oxygen atoms in total. The molecular weight excluding hydrogens is 330 g/mol. The summed E-state index contributed by atoms with van der Waals surface area (Å²) in [7, 11) is 0. The van der Waals surface area contributed by atoms with Crippen molar-refractivity contribution in [1.29, 1.82) is 0 Å². The monoisotopic (exact) mass is 367 g/mol. The fourth-order valence-electron chi connectivity index (χ4n) is 3.14. The molecule has 1 N–H and O–H groups in total. The molecule has 0 bridgehead atoms. The Balaban J connectivity index is 2.03. The maximum Gasteiger partial charge on any atom is 0.410 e. The highest BCUT2D eigenvalue weighted by Crippen LogP contribution is 2.21. The van der Waals surface area contributed by atoms with Crippen molar-refractivity contribution < 1.29 is 19.4 Å². The Morgan fingerprint density at radius 2 is 1.62 bits per heavy atom. The van der Waals surface area contributed by atoms with Crippen molar-refractivity contribution in [2.75, 3.05) is 13.1 Å². The molecule has 0 unspecified atom stereocenters. The lowest BCUT2D eigenvalue weighted by molar-refractivity contribution is -0.137. The van der Waals surface area contributed by atoms with Crippen LogP contribution in [0.5, 0.6) is 0 Å². The highest BCUT2D eigenvalue weighted by atomic mass is 16.6. The first kappa shape index (κ1) is 22.5. The second-order valence-corrected chi connectivity index (χ2v) is 8.29. The van der Waals surface area contributed by atoms with Crippen LogP contribution < -0.4 is 0 Å². The summed E-state index contributed by atoms with van der Waals surface area (Å²) in [6.45, 7) is 7.25. The highest BCUT2D eigenvalue weighted by Gasteiger charge is 2.25. The maximum absolute atomic E-state index is 12.0. The fraction of sp³-hybridized carbons (Fsp3) is 0.810. The van der Waals surface area contributed by atoms with Gasteiger partial charge in [-0.2, -0.15) is 0 Å². The average molecular weight is 368 g/mol. The van der Waals surface area contributed by atoms with E-state index in [4.69, 9.17) is 9.84 Å². The molecule has 150 valence electrons. The quantitative estimate of drug-likeness (QED) is 0.415. The molecule has 1 heterocycles. The Labute approximate surface area is 158 Å². The summed E-state index contributed by atoms with van der Waals surface area (Å²) in [5.74, 6) is -0.114. The van der Waals surface area contributed by atoms with Crippen LogP contribution in [0.4, 0.5) is 4.79 Å². The molecular formula is C21H37NO4. The molecule has 0 spiro atoms. The van der Waals surface area contributed by atoms with Crippen LogP contribution in [-0.4, -0.2) is 40.8 Å². The van der Waals surface area contributed by atoms with Crippen LogP contribution in [0.1, 0.15) is 85.0 Å². The number of ether oxygens (including phenoxy) is 1. The zero-order valence-corrected chi connectivity index (χ0v) is 16.8. The Bertz CT molecular complexity index is 445. The molecule has 0 radical (unpaired) electrons. The number of carboxylic acid groups (broad SMARTS) is 1. The minimum atomic E-state index is -0.688. The van der Waals surface area contributed by atoms with E-state index in [-0.39, 0.29) is 6.09 Å². The Kier molecular flexibility index (Phi) is 10.4. The van der Waals surface area contributed by atoms with Gasteiger partial charge in [0.05, 0.1) is 0 Å². The van der Waals surface area contributed by atoms with Gasteiger partial charge in [-0.3, -0.25) is 4.79 Å². The van der Waals surface area contributed by atoms with Gasteiger partial charge in [0.2, 0.25) is 0 Å². The third-order valence-corrected chi connectivity index (χ3v) is 4.61. The largest absolute Gasteiger partial charge is 0.481 e. The number of nitrogens with zero attached hydrogens (tertiary/aromatic N) is 1. The number of carboxylic acids is 1. The molecule has 1 amide bonds. The Morgan fingerprint density at radius 3 is 2.19 bits per heavy atom. The van der Waals surface area contributed by atoms with Crippen LogP contribution >= 0.6 is 0 Å². The number of aliphatic carboxylic acids is 1. The number of hydrogen-bond acceptors (Lipinski definition) is 3. The van der Waals surface area contributed by atoms with Crippen molar-refractivity contribution in [2.45, 2.75) is 90.6 Å². The van der Waals surface area contributed by atoms with E-state index in [0.29, 0.717) is 12.3 Å². The molecule has 0 aromatic heterocycles. The first-order chi connectivity index (χ1) is 12.3. The topological polar surface area (TPSA) is 66.8 Å². The molecule has 1 aliphatic rings. The van der Waals surface area contributed by atoms with Crippen LogP contribution in [0.3, 0.4) is 0 Å². The zero-order chi connectivity index (χ0) is 19.4. The van der Waals surface area contributed by atoms with E-state index in [9.17, 15) is 9.59 Å². The van der Waals surface area contributed by atoms with Gasteiger partial charge in [-0.1, -0.05) is 37.8 Å². The smallest absolute Gasteiger partial charge is 0.410 e. The molecule has 0 aromatic carbocycles. The summed E-state index contributed by atoms with van der Waals surface area (Å²) in [5, 5.41) is 8.57. The number of amides is 1. The van der Waals surface area contributed by atoms with Gasteiger partial charge >= 0.3 is 12.1 Å². The summed E-state index contributed by atoms with van der Waals surface area (Å²) in [4.78, 5) is 24.3. The molecule has 0 aliphatic carbocycles. The number of unbranched alkanes of at least 4 members (excludes halogenated alkanes) is 6. The lowest BCUT2D eigenvalue weighted by atomic mass is 9.96. The zero-order valence-electron chi connectivity index (χ0n) is 16.8. The van der Waals surface area contributed by atoms with E-state index >= 15 is 0 Å². The summed E-state index contributed by atoms with van der Waals surface area (Å²) >= 11 is 0. The lowest BCUT2D eigenvalue weighted by Crippen LogP contribution is -2.41. The van der Waals surface area contributed by atoms with Gasteiger partial charge in [-0.25, -0.2) is 4.79 Å². The number of likely N-dealkylation sites (tertiary alicyclic amines) is 1. The van der Waals surface area contributed by atoms with E-state index in [1.807, 2.05) is 25.7 Å². The third-order valence-electron chi connectivity index (χ3n) is 4.61. The standard InChI is InChI=1S/C21H37NO4/c1-21(2,3)26-20(25)22-16-14-18(15-17-22)12-10-8-6-4-5-7-9-11-13-19(23)24/h10,12,18H,4-9,11,13-17H2,1-3H3,(H,23,24)/b12-10+. The van der Waals surface area contributed by atoms with Gasteiger partial charge < -0.3 is 14.7 Å². The Morgan fingerprint density at radius 1 is 1.04 bits per heavy atom. The third kappa shape index (κ3) is 11.2. The Hall–Kier alpha value is -1.52. The normalized spacial score (nSPS) is 16.2. The molecule has 0 aromatic rings. The van der Waals surface area contributed by atoms with Crippen LogP contribution in [0.25, 0.3) is 0 Å². The molecule has 1 fully saturated rings. The van der Waals surface area contributed by atoms with Gasteiger partial charge in [0.25, 0.3) is 0 Å². The predicted octanol–water partition coefficient (Wildman–Crippen LogP) is 5.40. The molecule has 0 atom stereocenters. The number of piperidine rings is 1. The summed E-state index contributed by atoms with van der Waals surface area (Å²) in [6.07, 6.45) is 14.4. The van der Waals surface area contributed by atoms with Gasteiger partial charge in [-0.05, 0) is 58.8 Å². The van der Waals surface area contributed by atoms with Crippen molar-refractivity contribution in [3.8, 4) is 0 Å². The van der Waals surface area contributed by atoms with Gasteiger partial charge in [0, 0.05) is 19.5 Å². The van der Waals surface area contributed by atoms with Crippen LogP contribution in [-0.2, 0) is 9.53 Å². The van der Waals surface area contributed by atoms with Gasteiger partial charge in [0.1, 0.15) is 5.60 Å². The second-order valence-electron chi connectivity index (χ2n) is 8.29. The summed E-state index contributed by atoms with van der Waals surface area (Å²) < 4.78 is 5.42. The minimum absolute atomic E-state index is 0.191. The van der Waals surface area contributed by atoms with Crippen molar-refractivity contribution in [3.63, 3.8) is 0 Å². The van der Waals surface area contributed by atoms with Crippen molar-refractivity contribution in [1.82, 2.24) is 4.90 Å². The van der Waals surface area contributed by atoms with Crippen molar-refractivity contribution >= 4 is 12.1 Å². The van der Waals surface area contributed by atoms with Gasteiger partial charge in [0.15, 0.2) is 0 Å². The van der Waals surface area contributed by atoms with Crippen LogP contribution in [0.15, 0.2) is 12.2 Å². The first-order valence-electron chi connectivity index (χ1n) is 10.1. The number of rotatable bonds is 10. The predicted molar refractivity (Wildman–Crippen MR) is 104 cm³/mol. The number of allylic oxidation sites excluding steroid dienone is 2. The van der Waals surface area contributed by atoms with Crippen molar-refractivity contribution in [3.05, 3.63) is 12.2 Å². The highest BCUT2D eigenvalue weighted by molar-refractivity contribution is 5.68. The van der Waals surface area contributed by atoms with E-state index in [1.54, 1.807) is 0 Å². The van der Waals surface area contributed by atoms with E-state index < -0.39 is 11.6 Å². The number of carbonyl (C=O) groups is 2. The second kappa shape index (κ2) is 12.0. The summed E-state index contributed by atoms with van der Waals surface area (Å²) in [5.41, 5.74) is -0.426. The molecule has 1 aliphatic heterocycles. The number of hydrogen-bond donors (Lipinski definition) is 1. The van der Waals surface area contributed by atoms with E-state index in [0.717, 1.165) is 51.6 Å². The van der Waals surface area contributed by atoms with Gasteiger partial charge in [-0.15, -0.1) is 0 Å². The molecule has 1 saturated heterocycles. The minimum Gasteiger partial charge on any atom is -0.481 e. The van der Waals surface area contributed by atoms with Crippen LogP contribution in [0, 0.1) is 5.92 Å². The molecule has 1 rings (SSSR count). The van der Waals surface area contributed by atoms with E-state index in [1.165, 1.54) is 19.3 Å². The van der Waals surface area contributed by atoms with Crippen molar-refractivity contribution in [2.24, 2.45) is 5.92 Å². The van der Waals surface area contributed by atoms with Crippen LogP contribution in [0.2, 0.25) is 0 Å². The SMILES string of the molecule is CC(C)(C)OC(=O)N1CCC(/C=C/CCCCCCCCC(=O)O)CC1. The summed E-state index contributed by atoms with van der Waals surface area (Å²) in [6, 6.07) is 0.